The van der Waals surface area contributed by atoms with Crippen molar-refractivity contribution in [3.8, 4) is 0 Å². The molecule has 0 unspecified atom stereocenters. The maximum absolute atomic E-state index is 12.4. The number of ether oxygens (including phenoxy) is 2. The van der Waals surface area contributed by atoms with Crippen LogP contribution in [0, 0.1) is 11.8 Å². The summed E-state index contributed by atoms with van der Waals surface area (Å²) in [6.45, 7) is 0.377. The van der Waals surface area contributed by atoms with E-state index in [1.54, 1.807) is 31.0 Å². The van der Waals surface area contributed by atoms with Gasteiger partial charge in [-0.3, -0.25) is 9.59 Å². The van der Waals surface area contributed by atoms with Crippen molar-refractivity contribution in [3.05, 3.63) is 47.5 Å². The van der Waals surface area contributed by atoms with Gasteiger partial charge in [-0.15, -0.1) is 0 Å². The molecule has 184 valence electrons. The van der Waals surface area contributed by atoms with E-state index in [4.69, 9.17) is 14.6 Å². The van der Waals surface area contributed by atoms with Gasteiger partial charge in [-0.05, 0) is 35.5 Å². The number of hydrogen-bond acceptors (Lipinski definition) is 8. The second-order valence-corrected chi connectivity index (χ2v) is 9.50. The quantitative estimate of drug-likeness (QED) is 0.199. The summed E-state index contributed by atoms with van der Waals surface area (Å²) >= 11 is 1.67. The molecule has 8 heteroatoms. The van der Waals surface area contributed by atoms with Gasteiger partial charge >= 0.3 is 5.97 Å². The molecule has 3 N–H and O–H groups in total. The number of benzene rings is 1. The molecule has 1 saturated carbocycles. The minimum absolute atomic E-state index is 0.0297. The lowest BCUT2D eigenvalue weighted by atomic mass is 9.91. The Morgan fingerprint density at radius 3 is 2.85 bits per heavy atom. The Morgan fingerprint density at radius 2 is 2.09 bits per heavy atom. The maximum atomic E-state index is 12.4. The van der Waals surface area contributed by atoms with Crippen molar-refractivity contribution in [1.82, 2.24) is 0 Å². The number of Topliss-reactive ketones (excluding diaryl/α,β-unsaturated/α-hetero) is 1. The fraction of sp³-hybridized carbons (Fsp3) is 0.600. The summed E-state index contributed by atoms with van der Waals surface area (Å²) < 4.78 is 9.96. The summed E-state index contributed by atoms with van der Waals surface area (Å²) in [5, 5.41) is 29.4. The van der Waals surface area contributed by atoms with E-state index >= 15 is 0 Å². The molecule has 4 atom stereocenters. The molecule has 0 bridgehead atoms. The van der Waals surface area contributed by atoms with Crippen LogP contribution in [-0.2, 0) is 32.1 Å². The number of aliphatic hydroxyl groups excluding tert-OH is 3. The van der Waals surface area contributed by atoms with Gasteiger partial charge < -0.3 is 24.8 Å². The first kappa shape index (κ1) is 27.5. The van der Waals surface area contributed by atoms with Crippen molar-refractivity contribution in [1.29, 1.82) is 0 Å². The van der Waals surface area contributed by atoms with Crippen LogP contribution in [0.3, 0.4) is 0 Å². The highest BCUT2D eigenvalue weighted by Crippen LogP contribution is 2.34. The van der Waals surface area contributed by atoms with Gasteiger partial charge in [-0.2, -0.15) is 11.8 Å². The molecule has 0 aliphatic heterocycles. The molecule has 0 amide bonds. The third-order valence-corrected chi connectivity index (χ3v) is 6.73. The molecule has 1 fully saturated rings. The minimum Gasteiger partial charge on any atom is -0.463 e. The lowest BCUT2D eigenvalue weighted by Gasteiger charge is -2.18. The van der Waals surface area contributed by atoms with Crippen molar-refractivity contribution >= 4 is 23.5 Å². The largest absolute Gasteiger partial charge is 0.463 e. The number of aliphatic hydroxyl groups is 3. The summed E-state index contributed by atoms with van der Waals surface area (Å²) in [5.74, 6) is 0.740. The van der Waals surface area contributed by atoms with Gasteiger partial charge in [-0.25, -0.2) is 0 Å². The molecule has 1 aromatic rings. The van der Waals surface area contributed by atoms with Crippen LogP contribution < -0.4 is 0 Å². The smallest absolute Gasteiger partial charge is 0.305 e. The van der Waals surface area contributed by atoms with Crippen molar-refractivity contribution in [2.45, 2.75) is 50.9 Å². The van der Waals surface area contributed by atoms with Crippen molar-refractivity contribution in [2.75, 3.05) is 31.8 Å². The number of thioether (sulfide) groups is 1. The van der Waals surface area contributed by atoms with E-state index in [1.807, 2.05) is 24.3 Å². The molecule has 1 aliphatic carbocycles. The molecule has 0 radical (unpaired) electrons. The van der Waals surface area contributed by atoms with Crippen molar-refractivity contribution in [3.63, 3.8) is 0 Å². The van der Waals surface area contributed by atoms with Gasteiger partial charge in [0.05, 0.1) is 25.4 Å². The number of carbonyl (C=O) groups excluding carboxylic acids is 2. The van der Waals surface area contributed by atoms with Crippen LogP contribution >= 0.6 is 11.8 Å². The van der Waals surface area contributed by atoms with Gasteiger partial charge in [0.15, 0.2) is 0 Å². The first-order valence-corrected chi connectivity index (χ1v) is 12.6. The molecule has 0 saturated heterocycles. The first-order chi connectivity index (χ1) is 15.9. The van der Waals surface area contributed by atoms with Gasteiger partial charge in [-0.1, -0.05) is 36.4 Å². The number of ketones is 1. The van der Waals surface area contributed by atoms with Crippen molar-refractivity contribution in [2.24, 2.45) is 11.8 Å². The zero-order chi connectivity index (χ0) is 24.1. The number of carbonyl (C=O) groups is 2. The molecule has 0 heterocycles. The third kappa shape index (κ3) is 9.98. The second-order valence-electron chi connectivity index (χ2n) is 8.28. The molecule has 0 aromatic heterocycles. The number of methoxy groups -OCH3 is 1. The van der Waals surface area contributed by atoms with Crippen LogP contribution in [-0.4, -0.2) is 71.1 Å². The van der Waals surface area contributed by atoms with Crippen LogP contribution in [0.25, 0.3) is 0 Å². The number of hydrogen-bond donors (Lipinski definition) is 3. The Balaban J connectivity index is 1.78. The lowest BCUT2D eigenvalue weighted by molar-refractivity contribution is -0.144. The topological polar surface area (TPSA) is 113 Å². The predicted octanol–water partition coefficient (Wildman–Crippen LogP) is 2.30. The van der Waals surface area contributed by atoms with E-state index in [1.165, 1.54) is 0 Å². The van der Waals surface area contributed by atoms with Crippen LogP contribution in [0.4, 0.5) is 0 Å². The summed E-state index contributed by atoms with van der Waals surface area (Å²) in [6.07, 6.45) is 4.30. The Morgan fingerprint density at radius 1 is 1.30 bits per heavy atom. The molecular formula is C25H36O7S. The standard InChI is InChI=1S/C25H36O7S/c1-31-17-19-5-2-4-18(14-19)15-20(27)7-8-21-22(24(29)16-23(21)28)9-13-33-12-3-6-25(30)32-11-10-26/h2,4-5,7-8,14,20-23,26-28H,3,6,9-13,15-17H2,1H3/b8-7+/t20-,21-,22-,23-/m1/s1. The molecule has 2 rings (SSSR count). The molecule has 1 aromatic carbocycles. The molecule has 1 aliphatic rings. The summed E-state index contributed by atoms with van der Waals surface area (Å²) in [4.78, 5) is 23.8. The Kier molecular flexibility index (Phi) is 12.7. The SMILES string of the molecule is COCc1cccc(C[C@H](O)/C=C/[C@H]2[C@H](O)CC(=O)[C@@H]2CCSCCCC(=O)OCCO)c1. The Bertz CT molecular complexity index is 767. The molecule has 0 spiro atoms. The van der Waals surface area contributed by atoms with Gasteiger partial charge in [0, 0.05) is 38.2 Å². The minimum atomic E-state index is -0.720. The third-order valence-electron chi connectivity index (χ3n) is 5.63. The normalized spacial score (nSPS) is 21.6. The Labute approximate surface area is 200 Å². The highest BCUT2D eigenvalue weighted by molar-refractivity contribution is 7.99. The molecular weight excluding hydrogens is 444 g/mol. The molecule has 33 heavy (non-hydrogen) atoms. The van der Waals surface area contributed by atoms with E-state index in [2.05, 4.69) is 0 Å². The van der Waals surface area contributed by atoms with Crippen LogP contribution in [0.1, 0.15) is 36.8 Å². The zero-order valence-electron chi connectivity index (χ0n) is 19.2. The highest BCUT2D eigenvalue weighted by Gasteiger charge is 2.39. The summed E-state index contributed by atoms with van der Waals surface area (Å²) in [7, 11) is 1.64. The van der Waals surface area contributed by atoms with Gasteiger partial charge in [0.25, 0.3) is 0 Å². The van der Waals surface area contributed by atoms with Crippen molar-refractivity contribution < 1.29 is 34.4 Å². The average Bonchev–Trinajstić information content (AvgIpc) is 3.05. The average molecular weight is 481 g/mol. The van der Waals surface area contributed by atoms with Crippen LogP contribution in [0.5, 0.6) is 0 Å². The van der Waals surface area contributed by atoms with Gasteiger partial charge in [0.1, 0.15) is 12.4 Å². The fourth-order valence-corrected chi connectivity index (χ4v) is 5.01. The summed E-state index contributed by atoms with van der Waals surface area (Å²) in [5.41, 5.74) is 2.04. The van der Waals surface area contributed by atoms with E-state index in [9.17, 15) is 19.8 Å². The second kappa shape index (κ2) is 15.2. The lowest BCUT2D eigenvalue weighted by Crippen LogP contribution is -2.20. The fourth-order valence-electron chi connectivity index (χ4n) is 4.03. The molecule has 7 nitrogen and oxygen atoms in total. The first-order valence-electron chi connectivity index (χ1n) is 11.4. The number of rotatable bonds is 15. The van der Waals surface area contributed by atoms with Gasteiger partial charge in [0.2, 0.25) is 0 Å². The Hall–Kier alpha value is -1.71. The van der Waals surface area contributed by atoms with E-state index < -0.39 is 12.2 Å². The van der Waals surface area contributed by atoms with E-state index in [-0.39, 0.29) is 43.2 Å². The predicted molar refractivity (Wildman–Crippen MR) is 128 cm³/mol. The van der Waals surface area contributed by atoms with Crippen LogP contribution in [0.15, 0.2) is 36.4 Å². The van der Waals surface area contributed by atoms with E-state index in [0.29, 0.717) is 32.3 Å². The van der Waals surface area contributed by atoms with E-state index in [0.717, 1.165) is 22.6 Å². The zero-order valence-corrected chi connectivity index (χ0v) is 20.0. The maximum Gasteiger partial charge on any atom is 0.305 e. The summed E-state index contributed by atoms with van der Waals surface area (Å²) in [6, 6.07) is 7.87. The highest BCUT2D eigenvalue weighted by atomic mass is 32.2. The monoisotopic (exact) mass is 480 g/mol. The number of esters is 1. The van der Waals surface area contributed by atoms with Crippen LogP contribution in [0.2, 0.25) is 0 Å².